The van der Waals surface area contributed by atoms with Crippen LogP contribution in [0.4, 0.5) is 4.39 Å². The van der Waals surface area contributed by atoms with Crippen LogP contribution in [0.2, 0.25) is 0 Å². The number of nitrogens with zero attached hydrogens (tertiary/aromatic N) is 5. The first-order valence-electron chi connectivity index (χ1n) is 9.35. The molecule has 0 unspecified atom stereocenters. The molecule has 0 bridgehead atoms. The predicted molar refractivity (Wildman–Crippen MR) is 91.1 cm³/mol. The highest BCUT2D eigenvalue weighted by molar-refractivity contribution is 5.90. The topological polar surface area (TPSA) is 83.4 Å². The van der Waals surface area contributed by atoms with Crippen LogP contribution in [0.5, 0.6) is 0 Å². The van der Waals surface area contributed by atoms with Crippen LogP contribution >= 0.6 is 0 Å². The third-order valence-electron chi connectivity index (χ3n) is 5.54. The molecule has 4 rings (SSSR count). The molecule has 1 saturated carbocycles. The zero-order valence-corrected chi connectivity index (χ0v) is 15.2. The smallest absolute Gasteiger partial charge is 0.289 e. The summed E-state index contributed by atoms with van der Waals surface area (Å²) in [4.78, 5) is 29.0. The van der Waals surface area contributed by atoms with E-state index in [-0.39, 0.29) is 29.8 Å². The van der Waals surface area contributed by atoms with Crippen molar-refractivity contribution in [2.75, 3.05) is 26.2 Å². The highest BCUT2D eigenvalue weighted by Crippen LogP contribution is 2.34. The first kappa shape index (κ1) is 17.4. The van der Waals surface area contributed by atoms with Crippen LogP contribution in [-0.4, -0.2) is 74.8 Å². The molecule has 0 spiro atoms. The molecule has 2 amide bonds. The molecule has 3 heterocycles. The lowest BCUT2D eigenvalue weighted by atomic mass is 9.82. The Morgan fingerprint density at radius 1 is 1.15 bits per heavy atom. The lowest BCUT2D eigenvalue weighted by Gasteiger charge is -2.45. The number of fused-ring (bicyclic) bond motifs is 3. The van der Waals surface area contributed by atoms with E-state index in [1.807, 2.05) is 23.3 Å². The van der Waals surface area contributed by atoms with Gasteiger partial charge in [-0.1, -0.05) is 0 Å². The van der Waals surface area contributed by atoms with E-state index in [1.165, 1.54) is 0 Å². The van der Waals surface area contributed by atoms with E-state index in [2.05, 4.69) is 20.4 Å². The van der Waals surface area contributed by atoms with Crippen LogP contribution in [0.25, 0.3) is 0 Å². The molecule has 1 aromatic heterocycles. The minimum Gasteiger partial charge on any atom is -0.347 e. The standard InChI is InChI=1S/C17H25FN6O2/c1-10(2)19-16(25)15-21-20-14-13-9-23(17(26)11-7-12(18)8-11)4-3-22(13)5-6-24(14)15/h10-13H,3-9H2,1-2H3,(H,19,25)/t11?,12?,13-/m0/s1. The Morgan fingerprint density at radius 2 is 1.88 bits per heavy atom. The van der Waals surface area contributed by atoms with Gasteiger partial charge in [-0.2, -0.15) is 0 Å². The monoisotopic (exact) mass is 364 g/mol. The van der Waals surface area contributed by atoms with Gasteiger partial charge in [-0.15, -0.1) is 10.2 Å². The van der Waals surface area contributed by atoms with Crippen LogP contribution in [0.1, 0.15) is 49.2 Å². The normalized spacial score (nSPS) is 28.3. The number of halogens is 1. The van der Waals surface area contributed by atoms with Crippen molar-refractivity contribution >= 4 is 11.8 Å². The second-order valence-corrected chi connectivity index (χ2v) is 7.76. The molecule has 0 radical (unpaired) electrons. The highest BCUT2D eigenvalue weighted by atomic mass is 19.1. The van der Waals surface area contributed by atoms with Crippen LogP contribution in [0, 0.1) is 5.92 Å². The van der Waals surface area contributed by atoms with Crippen LogP contribution < -0.4 is 5.32 Å². The Kier molecular flexibility index (Phi) is 4.42. The zero-order chi connectivity index (χ0) is 18.4. The molecule has 1 aromatic rings. The maximum atomic E-state index is 13.1. The molecular formula is C17H25FN6O2. The van der Waals surface area contributed by atoms with Crippen molar-refractivity contribution in [1.29, 1.82) is 0 Å². The van der Waals surface area contributed by atoms with Gasteiger partial charge in [0.15, 0.2) is 5.82 Å². The molecule has 0 aromatic carbocycles. The summed E-state index contributed by atoms with van der Waals surface area (Å²) < 4.78 is 15.0. The van der Waals surface area contributed by atoms with Crippen molar-refractivity contribution in [2.24, 2.45) is 5.92 Å². The number of aromatic nitrogens is 3. The van der Waals surface area contributed by atoms with Crippen molar-refractivity contribution in [3.05, 3.63) is 11.6 Å². The quantitative estimate of drug-likeness (QED) is 0.838. The molecular weight excluding hydrogens is 339 g/mol. The van der Waals surface area contributed by atoms with E-state index in [0.29, 0.717) is 38.3 Å². The van der Waals surface area contributed by atoms with Gasteiger partial charge in [0.25, 0.3) is 5.91 Å². The number of nitrogens with one attached hydrogen (secondary N) is 1. The van der Waals surface area contributed by atoms with Gasteiger partial charge < -0.3 is 14.8 Å². The first-order chi connectivity index (χ1) is 12.4. The Bertz CT molecular complexity index is 714. The Labute approximate surface area is 151 Å². The van der Waals surface area contributed by atoms with Crippen LogP contribution in [0.15, 0.2) is 0 Å². The average Bonchev–Trinajstić information content (AvgIpc) is 3.02. The minimum atomic E-state index is -0.829. The summed E-state index contributed by atoms with van der Waals surface area (Å²) >= 11 is 0. The van der Waals surface area contributed by atoms with Crippen LogP contribution in [-0.2, 0) is 11.3 Å². The number of piperazine rings is 1. The molecule has 1 saturated heterocycles. The Morgan fingerprint density at radius 3 is 2.58 bits per heavy atom. The van der Waals surface area contributed by atoms with Gasteiger partial charge in [0.2, 0.25) is 11.7 Å². The summed E-state index contributed by atoms with van der Waals surface area (Å²) in [6.07, 6.45) is -0.135. The van der Waals surface area contributed by atoms with Crippen molar-refractivity contribution in [2.45, 2.75) is 51.5 Å². The molecule has 1 atom stereocenters. The van der Waals surface area contributed by atoms with Gasteiger partial charge in [-0.3, -0.25) is 14.5 Å². The van der Waals surface area contributed by atoms with E-state index in [4.69, 9.17) is 0 Å². The van der Waals surface area contributed by atoms with E-state index in [0.717, 1.165) is 18.9 Å². The van der Waals surface area contributed by atoms with Gasteiger partial charge in [-0.05, 0) is 26.7 Å². The third kappa shape index (κ3) is 2.98. The molecule has 26 heavy (non-hydrogen) atoms. The number of amides is 2. The van der Waals surface area contributed by atoms with Gasteiger partial charge in [0.05, 0.1) is 6.04 Å². The number of carbonyl (C=O) groups excluding carboxylic acids is 2. The van der Waals surface area contributed by atoms with Gasteiger partial charge in [0, 0.05) is 44.7 Å². The highest BCUT2D eigenvalue weighted by Gasteiger charge is 2.42. The fourth-order valence-electron chi connectivity index (χ4n) is 4.05. The SMILES string of the molecule is CC(C)NC(=O)c1nnc2n1CCN1CCN(C(=O)C3CC(F)C3)C[C@@H]21. The molecule has 1 N–H and O–H groups in total. The van der Waals surface area contributed by atoms with Crippen molar-refractivity contribution in [3.8, 4) is 0 Å². The van der Waals surface area contributed by atoms with E-state index < -0.39 is 6.17 Å². The number of hydrogen-bond acceptors (Lipinski definition) is 5. The summed E-state index contributed by atoms with van der Waals surface area (Å²) in [6.45, 7) is 7.23. The summed E-state index contributed by atoms with van der Waals surface area (Å²) in [6, 6.07) is -0.0315. The predicted octanol–water partition coefficient (Wildman–Crippen LogP) is 0.363. The minimum absolute atomic E-state index is 0.0279. The fraction of sp³-hybridized carbons (Fsp3) is 0.765. The maximum Gasteiger partial charge on any atom is 0.289 e. The molecule has 9 heteroatoms. The second kappa shape index (κ2) is 6.61. The van der Waals surface area contributed by atoms with Crippen molar-refractivity contribution < 1.29 is 14.0 Å². The summed E-state index contributed by atoms with van der Waals surface area (Å²) in [5.41, 5.74) is 0. The zero-order valence-electron chi connectivity index (χ0n) is 15.2. The summed E-state index contributed by atoms with van der Waals surface area (Å²) in [5.74, 6) is 0.716. The Balaban J connectivity index is 1.51. The Hall–Kier alpha value is -2.03. The number of carbonyl (C=O) groups is 2. The second-order valence-electron chi connectivity index (χ2n) is 7.76. The van der Waals surface area contributed by atoms with Gasteiger partial charge in [-0.25, -0.2) is 4.39 Å². The maximum absolute atomic E-state index is 13.1. The summed E-state index contributed by atoms with van der Waals surface area (Å²) in [7, 11) is 0. The molecule has 142 valence electrons. The van der Waals surface area contributed by atoms with Gasteiger partial charge >= 0.3 is 0 Å². The number of alkyl halides is 1. The van der Waals surface area contributed by atoms with E-state index in [9.17, 15) is 14.0 Å². The third-order valence-corrected chi connectivity index (χ3v) is 5.54. The molecule has 3 aliphatic rings. The summed E-state index contributed by atoms with van der Waals surface area (Å²) in [5, 5.41) is 11.2. The van der Waals surface area contributed by atoms with E-state index in [1.54, 1.807) is 0 Å². The molecule has 1 aliphatic carbocycles. The van der Waals surface area contributed by atoms with Gasteiger partial charge in [0.1, 0.15) is 6.17 Å². The lowest BCUT2D eigenvalue weighted by molar-refractivity contribution is -0.144. The lowest BCUT2D eigenvalue weighted by Crippen LogP contribution is -2.55. The van der Waals surface area contributed by atoms with Crippen LogP contribution in [0.3, 0.4) is 0 Å². The first-order valence-corrected chi connectivity index (χ1v) is 9.35. The fourth-order valence-corrected chi connectivity index (χ4v) is 4.05. The van der Waals surface area contributed by atoms with Crippen molar-refractivity contribution in [3.63, 3.8) is 0 Å². The number of rotatable bonds is 3. The average molecular weight is 364 g/mol. The molecule has 8 nitrogen and oxygen atoms in total. The van der Waals surface area contributed by atoms with E-state index >= 15 is 0 Å². The number of hydrogen-bond donors (Lipinski definition) is 1. The molecule has 2 aliphatic heterocycles. The molecule has 2 fully saturated rings. The van der Waals surface area contributed by atoms with Crippen molar-refractivity contribution in [1.82, 2.24) is 29.9 Å². The largest absolute Gasteiger partial charge is 0.347 e.